The van der Waals surface area contributed by atoms with E-state index in [1.807, 2.05) is 0 Å². The van der Waals surface area contributed by atoms with Crippen LogP contribution in [0, 0.1) is 11.6 Å². The zero-order chi connectivity index (χ0) is 26.2. The molecule has 3 aromatic rings. The van der Waals surface area contributed by atoms with Gasteiger partial charge in [-0.05, 0) is 70.9 Å². The Bertz CT molecular complexity index is 1300. The van der Waals surface area contributed by atoms with Crippen molar-refractivity contribution in [2.45, 2.75) is 13.5 Å². The van der Waals surface area contributed by atoms with Crippen molar-refractivity contribution in [2.24, 2.45) is 5.10 Å². The smallest absolute Gasteiger partial charge is 0.329 e. The Balaban J connectivity index is 1.68. The number of carbonyl (C=O) groups excluding carboxylic acids is 2. The number of nitrogens with one attached hydrogen (secondary N) is 2. The number of benzene rings is 3. The molecule has 0 aliphatic heterocycles. The maximum absolute atomic E-state index is 14.1. The summed E-state index contributed by atoms with van der Waals surface area (Å²) in [5.41, 5.74) is 2.60. The average molecular weight is 646 g/mol. The Morgan fingerprint density at radius 2 is 1.83 bits per heavy atom. The largest absolute Gasteiger partial charge is 0.490 e. The van der Waals surface area contributed by atoms with E-state index in [0.717, 1.165) is 6.07 Å². The van der Waals surface area contributed by atoms with E-state index in [4.69, 9.17) is 21.1 Å². The normalized spacial score (nSPS) is 10.8. The summed E-state index contributed by atoms with van der Waals surface area (Å²) in [5, 5.41) is 6.15. The zero-order valence-corrected chi connectivity index (χ0v) is 22.5. The van der Waals surface area contributed by atoms with Crippen LogP contribution in [0.25, 0.3) is 0 Å². The second kappa shape index (κ2) is 12.8. The lowest BCUT2D eigenvalue weighted by Crippen LogP contribution is -2.32. The average Bonchev–Trinajstić information content (AvgIpc) is 2.82. The maximum Gasteiger partial charge on any atom is 0.329 e. The number of halogens is 5. The Labute approximate surface area is 227 Å². The quantitative estimate of drug-likeness (QED) is 0.173. The van der Waals surface area contributed by atoms with E-state index in [1.165, 1.54) is 30.5 Å². The summed E-state index contributed by atoms with van der Waals surface area (Å²) in [5.74, 6) is -2.76. The molecule has 0 heterocycles. The lowest BCUT2D eigenvalue weighted by Gasteiger charge is -2.15. The fourth-order valence-electron chi connectivity index (χ4n) is 2.87. The molecule has 2 amide bonds. The number of hydrogen-bond donors (Lipinski definition) is 2. The van der Waals surface area contributed by atoms with Crippen LogP contribution in [0.15, 0.2) is 62.6 Å². The first-order valence-electron chi connectivity index (χ1n) is 10.3. The Morgan fingerprint density at radius 3 is 2.53 bits per heavy atom. The third kappa shape index (κ3) is 7.25. The second-order valence-corrected chi connectivity index (χ2v) is 9.21. The molecule has 2 N–H and O–H groups in total. The van der Waals surface area contributed by atoms with Gasteiger partial charge >= 0.3 is 11.8 Å². The molecule has 0 fully saturated rings. The van der Waals surface area contributed by atoms with Crippen molar-refractivity contribution in [1.82, 2.24) is 5.43 Å². The lowest BCUT2D eigenvalue weighted by atomic mass is 10.2. The summed E-state index contributed by atoms with van der Waals surface area (Å²) in [7, 11) is 0. The summed E-state index contributed by atoms with van der Waals surface area (Å²) in [6.45, 7) is 1.95. The fourth-order valence-corrected chi connectivity index (χ4v) is 3.99. The molecule has 7 nitrogen and oxygen atoms in total. The summed E-state index contributed by atoms with van der Waals surface area (Å²) >= 11 is 12.6. The van der Waals surface area contributed by atoms with Crippen molar-refractivity contribution < 1.29 is 27.8 Å². The van der Waals surface area contributed by atoms with Gasteiger partial charge in [-0.25, -0.2) is 14.2 Å². The highest BCUT2D eigenvalue weighted by Gasteiger charge is 2.17. The summed E-state index contributed by atoms with van der Waals surface area (Å²) in [4.78, 5) is 24.0. The maximum atomic E-state index is 14.1. The highest BCUT2D eigenvalue weighted by molar-refractivity contribution is 9.10. The van der Waals surface area contributed by atoms with E-state index < -0.39 is 23.4 Å². The van der Waals surface area contributed by atoms with Crippen molar-refractivity contribution in [3.63, 3.8) is 0 Å². The van der Waals surface area contributed by atoms with Crippen molar-refractivity contribution >= 4 is 67.2 Å². The first-order valence-corrected chi connectivity index (χ1v) is 12.3. The molecule has 0 saturated carbocycles. The van der Waals surface area contributed by atoms with Gasteiger partial charge in [-0.1, -0.05) is 33.6 Å². The molecule has 0 bridgehead atoms. The molecule has 0 radical (unpaired) electrons. The van der Waals surface area contributed by atoms with Crippen molar-refractivity contribution in [3.05, 3.63) is 85.3 Å². The minimum Gasteiger partial charge on any atom is -0.490 e. The van der Waals surface area contributed by atoms with Crippen LogP contribution in [0.3, 0.4) is 0 Å². The van der Waals surface area contributed by atoms with Crippen LogP contribution in [0.1, 0.15) is 18.1 Å². The molecule has 0 saturated heterocycles. The first kappa shape index (κ1) is 27.6. The Morgan fingerprint density at radius 1 is 1.06 bits per heavy atom. The molecule has 3 aromatic carbocycles. The highest BCUT2D eigenvalue weighted by Crippen LogP contribution is 2.37. The van der Waals surface area contributed by atoms with Gasteiger partial charge < -0.3 is 14.8 Å². The highest BCUT2D eigenvalue weighted by atomic mass is 79.9. The molecule has 0 aliphatic carbocycles. The molecule has 0 atom stereocenters. The molecule has 0 aliphatic rings. The van der Waals surface area contributed by atoms with Crippen LogP contribution in [0.2, 0.25) is 5.02 Å². The van der Waals surface area contributed by atoms with E-state index in [0.29, 0.717) is 32.6 Å². The number of nitrogens with zero attached hydrogens (tertiary/aromatic N) is 1. The van der Waals surface area contributed by atoms with Crippen molar-refractivity contribution in [3.8, 4) is 11.5 Å². The summed E-state index contributed by atoms with van der Waals surface area (Å²) in [6.07, 6.45) is 1.27. The molecule has 12 heteroatoms. The van der Waals surface area contributed by atoms with E-state index in [1.54, 1.807) is 25.1 Å². The molecular formula is C24H18Br2ClF2N3O4. The molecule has 3 rings (SSSR count). The van der Waals surface area contributed by atoms with Crippen LogP contribution in [0.4, 0.5) is 14.5 Å². The fraction of sp³-hybridized carbons (Fsp3) is 0.125. The van der Waals surface area contributed by atoms with Crippen LogP contribution < -0.4 is 20.2 Å². The number of hydrogen-bond acceptors (Lipinski definition) is 5. The van der Waals surface area contributed by atoms with Gasteiger partial charge in [-0.15, -0.1) is 0 Å². The van der Waals surface area contributed by atoms with Crippen LogP contribution in [-0.4, -0.2) is 24.6 Å². The number of carbonyl (C=O) groups is 2. The Hall–Kier alpha value is -3.02. The van der Waals surface area contributed by atoms with Gasteiger partial charge in [0, 0.05) is 10.0 Å². The molecule has 0 unspecified atom stereocenters. The van der Waals surface area contributed by atoms with Crippen LogP contribution in [0.5, 0.6) is 11.5 Å². The summed E-state index contributed by atoms with van der Waals surface area (Å²) < 4.78 is 40.3. The SMILES string of the molecule is CCOc1cc(C=NNC(=O)C(=O)Nc2ccc(Br)cc2F)cc(Br)c1OCc1c(F)cccc1Cl. The number of ether oxygens (including phenoxy) is 2. The minimum atomic E-state index is -1.10. The van der Waals surface area contributed by atoms with Crippen molar-refractivity contribution in [1.29, 1.82) is 0 Å². The molecule has 0 spiro atoms. The number of amides is 2. The third-order valence-corrected chi connectivity index (χ3v) is 5.96. The molecule has 0 aromatic heterocycles. The van der Waals surface area contributed by atoms with Gasteiger partial charge in [0.1, 0.15) is 18.2 Å². The second-order valence-electron chi connectivity index (χ2n) is 7.03. The number of hydrazone groups is 1. The van der Waals surface area contributed by atoms with Gasteiger partial charge in [0.15, 0.2) is 11.5 Å². The lowest BCUT2D eigenvalue weighted by molar-refractivity contribution is -0.136. The van der Waals surface area contributed by atoms with Crippen LogP contribution >= 0.6 is 43.5 Å². The standard InChI is InChI=1S/C24H18Br2ClF2N3O4/c1-2-35-21-9-13(8-16(26)22(21)36-12-15-17(27)4-3-5-18(15)28)11-30-32-24(34)23(33)31-20-7-6-14(25)10-19(20)29/h3-11H,2,12H2,1H3,(H,31,33)(H,32,34). The van der Waals surface area contributed by atoms with Gasteiger partial charge in [0.05, 0.1) is 28.0 Å². The Kier molecular flexibility index (Phi) is 9.80. The van der Waals surface area contributed by atoms with Gasteiger partial charge in [0.25, 0.3) is 0 Å². The predicted octanol–water partition coefficient (Wildman–Crippen LogP) is 6.21. The van der Waals surface area contributed by atoms with E-state index >= 15 is 0 Å². The van der Waals surface area contributed by atoms with E-state index in [2.05, 4.69) is 47.7 Å². The van der Waals surface area contributed by atoms with Gasteiger partial charge in [-0.2, -0.15) is 5.10 Å². The topological polar surface area (TPSA) is 89.0 Å². The van der Waals surface area contributed by atoms with Gasteiger partial charge in [0.2, 0.25) is 0 Å². The predicted molar refractivity (Wildman–Crippen MR) is 140 cm³/mol. The molecule has 36 heavy (non-hydrogen) atoms. The van der Waals surface area contributed by atoms with E-state index in [-0.39, 0.29) is 22.9 Å². The third-order valence-electron chi connectivity index (χ3n) is 4.52. The monoisotopic (exact) mass is 643 g/mol. The summed E-state index contributed by atoms with van der Waals surface area (Å²) in [6, 6.07) is 11.5. The van der Waals surface area contributed by atoms with Crippen molar-refractivity contribution in [2.75, 3.05) is 11.9 Å². The van der Waals surface area contributed by atoms with Gasteiger partial charge in [-0.3, -0.25) is 9.59 Å². The minimum absolute atomic E-state index is 0.137. The molecule has 188 valence electrons. The van der Waals surface area contributed by atoms with E-state index in [9.17, 15) is 18.4 Å². The number of rotatable bonds is 8. The van der Waals surface area contributed by atoms with Crippen LogP contribution in [-0.2, 0) is 16.2 Å². The first-order chi connectivity index (χ1) is 17.2. The number of anilines is 1. The zero-order valence-electron chi connectivity index (χ0n) is 18.6. The molecular weight excluding hydrogens is 628 g/mol.